The van der Waals surface area contributed by atoms with Gasteiger partial charge in [0.25, 0.3) is 0 Å². The highest BCUT2D eigenvalue weighted by atomic mass is 32.2. The molecule has 0 aliphatic carbocycles. The van der Waals surface area contributed by atoms with E-state index < -0.39 is 33.4 Å². The summed E-state index contributed by atoms with van der Waals surface area (Å²) in [5.74, 6) is -1.24. The molecule has 0 heterocycles. The number of amides is 2. The van der Waals surface area contributed by atoms with Crippen molar-refractivity contribution in [2.24, 2.45) is 0 Å². The summed E-state index contributed by atoms with van der Waals surface area (Å²) in [5.41, 5.74) is 2.88. The molecule has 0 radical (unpaired) electrons. The van der Waals surface area contributed by atoms with Crippen molar-refractivity contribution in [1.29, 1.82) is 0 Å². The summed E-state index contributed by atoms with van der Waals surface area (Å²) in [5, 5.41) is 15.7. The molecule has 0 saturated heterocycles. The quantitative estimate of drug-likeness (QED) is 0.139. The van der Waals surface area contributed by atoms with E-state index in [9.17, 15) is 23.9 Å². The molecule has 0 aliphatic rings. The van der Waals surface area contributed by atoms with Crippen molar-refractivity contribution in [3.8, 4) is 0 Å². The lowest BCUT2D eigenvalue weighted by atomic mass is 10.1. The van der Waals surface area contributed by atoms with Crippen molar-refractivity contribution < 1.29 is 18.7 Å². The first-order valence-corrected chi connectivity index (χ1v) is 11.8. The number of carbonyl (C=O) groups excluding carboxylic acids is 2. The summed E-state index contributed by atoms with van der Waals surface area (Å²) < 4.78 is 15.8. The summed E-state index contributed by atoms with van der Waals surface area (Å²) in [6, 6.07) is 6.62. The van der Waals surface area contributed by atoms with Gasteiger partial charge >= 0.3 is 11.6 Å². The Hall–Kier alpha value is -3.53. The second kappa shape index (κ2) is 16.1. The van der Waals surface area contributed by atoms with Crippen LogP contribution in [-0.4, -0.2) is 27.5 Å². The van der Waals surface area contributed by atoms with E-state index in [-0.39, 0.29) is 13.0 Å². The highest BCUT2D eigenvalue weighted by molar-refractivity contribution is 7.83. The lowest BCUT2D eigenvalue weighted by molar-refractivity contribution is -0.419. The van der Waals surface area contributed by atoms with Crippen LogP contribution in [0.4, 0.5) is 5.69 Å². The molecule has 186 valence electrons. The van der Waals surface area contributed by atoms with E-state index in [1.54, 1.807) is 24.3 Å². The Balaban J connectivity index is 0.00000529. The number of hydrogen-bond acceptors (Lipinski definition) is 5. The monoisotopic (exact) mass is 490 g/mol. The first kappa shape index (κ1) is 30.5. The third kappa shape index (κ3) is 9.95. The van der Waals surface area contributed by atoms with Gasteiger partial charge in [0, 0.05) is 24.4 Å². The van der Waals surface area contributed by atoms with Crippen LogP contribution in [0, 0.1) is 10.1 Å². The van der Waals surface area contributed by atoms with Crippen molar-refractivity contribution in [1.82, 2.24) is 10.0 Å². The van der Waals surface area contributed by atoms with Gasteiger partial charge in [-0.25, -0.2) is 4.21 Å². The van der Waals surface area contributed by atoms with Crippen molar-refractivity contribution in [2.75, 3.05) is 11.9 Å². The van der Waals surface area contributed by atoms with E-state index in [1.807, 2.05) is 26.8 Å². The summed E-state index contributed by atoms with van der Waals surface area (Å²) in [6.45, 7) is 15.3. The Bertz CT molecular complexity index is 999. The van der Waals surface area contributed by atoms with Crippen LogP contribution in [-0.2, 0) is 20.6 Å². The number of nitrogens with one attached hydrogen (secondary N) is 3. The molecule has 9 nitrogen and oxygen atoms in total. The molecule has 1 aromatic rings. The number of carbonyl (C=O) groups is 2. The lowest BCUT2D eigenvalue weighted by Crippen LogP contribution is -2.31. The van der Waals surface area contributed by atoms with Crippen LogP contribution in [0.3, 0.4) is 0 Å². The molecule has 0 aliphatic heterocycles. The zero-order valence-electron chi connectivity index (χ0n) is 20.4. The Morgan fingerprint density at radius 3 is 2.35 bits per heavy atom. The standard InChI is InChI=1S/C22H30N4O5S.C2H4/c1-6-15(4)16(5)19(7-2)25-32(31)18-11-9-10-17(14-18)24-21(27)12-13-23-22(28)20(8-3)26(29)30;1-2/h7-11,14,25H,6,12-13H2,1-5H3,(H,23,28)(H,24,27);1-2H2/b16-15-,19-7+,20-8+;. The minimum absolute atomic E-state index is 0.0595. The van der Waals surface area contributed by atoms with Gasteiger partial charge in [0.15, 0.2) is 0 Å². The zero-order chi connectivity index (χ0) is 26.3. The van der Waals surface area contributed by atoms with Gasteiger partial charge in [-0.1, -0.05) is 24.6 Å². The Morgan fingerprint density at radius 2 is 1.82 bits per heavy atom. The molecular weight excluding hydrogens is 456 g/mol. The van der Waals surface area contributed by atoms with E-state index in [4.69, 9.17) is 0 Å². The maximum atomic E-state index is 12.8. The second-order valence-electron chi connectivity index (χ2n) is 6.84. The molecule has 0 fully saturated rings. The fraction of sp³-hybridized carbons (Fsp3) is 0.333. The SMILES string of the molecule is C/C=C(NS(=O)c1cccc(NC(=O)CCNC(=O)/C(=C\C)[N+](=O)[O-])c1)\C(C)=C(\C)CC.C=C. The number of rotatable bonds is 11. The Kier molecular flexibility index (Phi) is 14.5. The fourth-order valence-electron chi connectivity index (χ4n) is 2.62. The van der Waals surface area contributed by atoms with E-state index in [0.29, 0.717) is 10.6 Å². The van der Waals surface area contributed by atoms with Gasteiger partial charge in [0.1, 0.15) is 11.0 Å². The molecular formula is C24H34N4O5S. The number of anilines is 1. The molecule has 0 bridgehead atoms. The van der Waals surface area contributed by atoms with Gasteiger partial charge in [-0.05, 0) is 64.0 Å². The van der Waals surface area contributed by atoms with Crippen LogP contribution in [0.25, 0.3) is 0 Å². The number of nitrogens with zero attached hydrogens (tertiary/aromatic N) is 1. The largest absolute Gasteiger partial charge is 0.346 e. The smallest absolute Gasteiger partial charge is 0.329 e. The van der Waals surface area contributed by atoms with E-state index >= 15 is 0 Å². The maximum Gasteiger partial charge on any atom is 0.329 e. The first-order chi connectivity index (χ1) is 16.1. The topological polar surface area (TPSA) is 130 Å². The fourth-order valence-corrected chi connectivity index (χ4v) is 3.64. The molecule has 2 amide bonds. The molecule has 3 N–H and O–H groups in total. The minimum Gasteiger partial charge on any atom is -0.346 e. The predicted octanol–water partition coefficient (Wildman–Crippen LogP) is 4.38. The van der Waals surface area contributed by atoms with Crippen molar-refractivity contribution in [2.45, 2.75) is 52.4 Å². The summed E-state index contributed by atoms with van der Waals surface area (Å²) in [7, 11) is -1.53. The number of benzene rings is 1. The van der Waals surface area contributed by atoms with Crippen LogP contribution in [0.15, 0.2) is 77.0 Å². The summed E-state index contributed by atoms with van der Waals surface area (Å²) in [6.07, 6.45) is 3.77. The third-order valence-electron chi connectivity index (χ3n) is 4.74. The van der Waals surface area contributed by atoms with Crippen molar-refractivity contribution in [3.63, 3.8) is 0 Å². The van der Waals surface area contributed by atoms with Crippen LogP contribution in [0.5, 0.6) is 0 Å². The zero-order valence-corrected chi connectivity index (χ0v) is 21.2. The molecule has 0 saturated carbocycles. The van der Waals surface area contributed by atoms with Crippen LogP contribution < -0.4 is 15.4 Å². The van der Waals surface area contributed by atoms with Gasteiger partial charge in [0.05, 0.1) is 9.82 Å². The van der Waals surface area contributed by atoms with Gasteiger partial charge in [-0.3, -0.25) is 19.7 Å². The number of hydrogen-bond donors (Lipinski definition) is 3. The summed E-state index contributed by atoms with van der Waals surface area (Å²) in [4.78, 5) is 34.3. The third-order valence-corrected chi connectivity index (χ3v) is 5.83. The summed E-state index contributed by atoms with van der Waals surface area (Å²) >= 11 is 0. The van der Waals surface area contributed by atoms with Crippen LogP contribution in [0.2, 0.25) is 0 Å². The van der Waals surface area contributed by atoms with E-state index in [2.05, 4.69) is 35.4 Å². The molecule has 0 aromatic heterocycles. The average molecular weight is 491 g/mol. The first-order valence-electron chi connectivity index (χ1n) is 10.6. The molecule has 1 aromatic carbocycles. The van der Waals surface area contributed by atoms with E-state index in [0.717, 1.165) is 23.8 Å². The molecule has 1 unspecified atom stereocenters. The van der Waals surface area contributed by atoms with Crippen LogP contribution in [0.1, 0.15) is 47.5 Å². The maximum absolute atomic E-state index is 12.8. The predicted molar refractivity (Wildman–Crippen MR) is 137 cm³/mol. The highest BCUT2D eigenvalue weighted by Gasteiger charge is 2.19. The molecule has 34 heavy (non-hydrogen) atoms. The molecule has 0 spiro atoms. The normalized spacial score (nSPS) is 13.0. The minimum atomic E-state index is -1.53. The molecule has 10 heteroatoms. The highest BCUT2D eigenvalue weighted by Crippen LogP contribution is 2.18. The number of nitro groups is 1. The van der Waals surface area contributed by atoms with Gasteiger partial charge in [-0.2, -0.15) is 0 Å². The average Bonchev–Trinajstić information content (AvgIpc) is 2.83. The van der Waals surface area contributed by atoms with Gasteiger partial charge in [0.2, 0.25) is 5.91 Å². The molecule has 1 rings (SSSR count). The second-order valence-corrected chi connectivity index (χ2v) is 8.06. The van der Waals surface area contributed by atoms with Crippen LogP contribution >= 0.6 is 0 Å². The Labute approximate surface area is 203 Å². The lowest BCUT2D eigenvalue weighted by Gasteiger charge is -2.14. The number of allylic oxidation sites excluding steroid dienone is 4. The molecule has 1 atom stereocenters. The van der Waals surface area contributed by atoms with Gasteiger partial charge in [-0.15, -0.1) is 13.2 Å². The van der Waals surface area contributed by atoms with Crippen molar-refractivity contribution in [3.05, 3.63) is 82.2 Å². The van der Waals surface area contributed by atoms with Crippen molar-refractivity contribution >= 4 is 28.5 Å². The van der Waals surface area contributed by atoms with E-state index in [1.165, 1.54) is 12.5 Å². The van der Waals surface area contributed by atoms with Gasteiger partial charge < -0.3 is 15.4 Å². The Morgan fingerprint density at radius 1 is 1.18 bits per heavy atom.